The fourth-order valence-electron chi connectivity index (χ4n) is 0.632. The van der Waals surface area contributed by atoms with Gasteiger partial charge in [-0.15, -0.1) is 0 Å². The number of carboxylic acid groups (broad SMARTS) is 1. The molecule has 5 N–H and O–H groups in total. The number of unbranched alkanes of at least 4 members (excludes halogenated alkanes) is 1. The van der Waals surface area contributed by atoms with E-state index in [2.05, 4.69) is 0 Å². The van der Waals surface area contributed by atoms with Crippen LogP contribution in [0.2, 0.25) is 0 Å². The number of aliphatic carboxylic acids is 1. The van der Waals surface area contributed by atoms with Crippen molar-refractivity contribution in [3.05, 3.63) is 0 Å². The van der Waals surface area contributed by atoms with Crippen molar-refractivity contribution in [3.8, 4) is 0 Å². The summed E-state index contributed by atoms with van der Waals surface area (Å²) in [5.41, 5.74) is 10.4. The third-order valence-electron chi connectivity index (χ3n) is 1.29. The van der Waals surface area contributed by atoms with E-state index in [0.717, 1.165) is 12.8 Å². The predicted octanol–water partition coefficient (Wildman–Crippen LogP) is 0.137. The van der Waals surface area contributed by atoms with E-state index in [1.807, 2.05) is 0 Å². The molecule has 1 atom stereocenters. The van der Waals surface area contributed by atoms with Gasteiger partial charge < -0.3 is 16.6 Å². The molecule has 0 rings (SSSR count). The van der Waals surface area contributed by atoms with Crippen LogP contribution in [-0.2, 0) is 4.79 Å². The fraction of sp³-hybridized carbons (Fsp3) is 0.833. The molecule has 0 aromatic carbocycles. The Kier molecular flexibility index (Phi) is 37.6. The van der Waals surface area contributed by atoms with Gasteiger partial charge in [0.25, 0.3) is 0 Å². The zero-order valence-corrected chi connectivity index (χ0v) is 7.55. The van der Waals surface area contributed by atoms with Gasteiger partial charge >= 0.3 is 5.97 Å². The molecular formula is C6H18F4N2O2. The number of hydrogen-bond donors (Lipinski definition) is 3. The molecule has 0 bridgehead atoms. The highest BCUT2D eigenvalue weighted by Crippen LogP contribution is 1.96. The second-order valence-electron chi connectivity index (χ2n) is 2.23. The molecular weight excluding hydrogens is 208 g/mol. The van der Waals surface area contributed by atoms with Crippen LogP contribution >= 0.6 is 0 Å². The van der Waals surface area contributed by atoms with Crippen molar-refractivity contribution >= 4 is 5.97 Å². The van der Waals surface area contributed by atoms with E-state index in [0.29, 0.717) is 13.0 Å². The molecule has 14 heavy (non-hydrogen) atoms. The van der Waals surface area contributed by atoms with Gasteiger partial charge in [-0.1, -0.05) is 6.42 Å². The number of halogens is 4. The van der Waals surface area contributed by atoms with Gasteiger partial charge in [0, 0.05) is 0 Å². The normalized spacial score (nSPS) is 9.29. The molecule has 0 aliphatic rings. The number of carbonyl (C=O) groups is 1. The van der Waals surface area contributed by atoms with E-state index in [1.165, 1.54) is 0 Å². The molecule has 0 fully saturated rings. The summed E-state index contributed by atoms with van der Waals surface area (Å²) in [4.78, 5) is 10.1. The lowest BCUT2D eigenvalue weighted by atomic mass is 10.1. The van der Waals surface area contributed by atoms with Crippen LogP contribution in [0.15, 0.2) is 0 Å². The predicted molar refractivity (Wildman–Crippen MR) is 48.5 cm³/mol. The molecule has 8 heteroatoms. The quantitative estimate of drug-likeness (QED) is 0.459. The Morgan fingerprint density at radius 1 is 1.14 bits per heavy atom. The maximum Gasteiger partial charge on any atom is 0.320 e. The first kappa shape index (κ1) is 29.2. The van der Waals surface area contributed by atoms with E-state index in [9.17, 15) is 4.79 Å². The van der Waals surface area contributed by atoms with Crippen molar-refractivity contribution in [1.29, 1.82) is 0 Å². The summed E-state index contributed by atoms with van der Waals surface area (Å²) in [5, 5.41) is 8.33. The molecule has 4 nitrogen and oxygen atoms in total. The Labute approximate surface area is 79.1 Å². The zero-order valence-electron chi connectivity index (χ0n) is 7.55. The molecule has 0 saturated heterocycles. The Balaban J connectivity index is -0.0000000675. The van der Waals surface area contributed by atoms with Crippen molar-refractivity contribution in [2.75, 3.05) is 6.54 Å². The average Bonchev–Trinajstić information content (AvgIpc) is 1.88. The summed E-state index contributed by atoms with van der Waals surface area (Å²) in [6.07, 6.45) is 2.16. The maximum atomic E-state index is 10.1. The van der Waals surface area contributed by atoms with Crippen LogP contribution in [-0.4, -0.2) is 23.7 Å². The molecule has 0 aromatic rings. The Morgan fingerprint density at radius 2 is 1.57 bits per heavy atom. The Morgan fingerprint density at radius 3 is 1.86 bits per heavy atom. The van der Waals surface area contributed by atoms with Crippen LogP contribution < -0.4 is 11.5 Å². The SMILES string of the molecule is F.F.F.F.NCCCC[C@H](N)C(=O)O. The van der Waals surface area contributed by atoms with Crippen LogP contribution in [0.3, 0.4) is 0 Å². The highest BCUT2D eigenvalue weighted by Gasteiger charge is 2.09. The minimum absolute atomic E-state index is 0. The summed E-state index contributed by atoms with van der Waals surface area (Å²) in [7, 11) is 0. The van der Waals surface area contributed by atoms with Gasteiger partial charge in [0.05, 0.1) is 0 Å². The number of nitrogens with two attached hydrogens (primary N) is 2. The number of carboxylic acids is 1. The third kappa shape index (κ3) is 17.3. The van der Waals surface area contributed by atoms with Gasteiger partial charge in [0.2, 0.25) is 0 Å². The molecule has 92 valence electrons. The Hall–Kier alpha value is -0.890. The van der Waals surface area contributed by atoms with E-state index in [-0.39, 0.29) is 18.8 Å². The lowest BCUT2D eigenvalue weighted by molar-refractivity contribution is -0.138. The molecule has 0 aromatic heterocycles. The summed E-state index contributed by atoms with van der Waals surface area (Å²) >= 11 is 0. The van der Waals surface area contributed by atoms with Crippen LogP contribution in [0.4, 0.5) is 18.8 Å². The van der Waals surface area contributed by atoms with Crippen molar-refractivity contribution in [1.82, 2.24) is 0 Å². The maximum absolute atomic E-state index is 10.1. The molecule has 0 unspecified atom stereocenters. The molecule has 0 heterocycles. The van der Waals surface area contributed by atoms with E-state index >= 15 is 0 Å². The molecule has 0 aliphatic carbocycles. The summed E-state index contributed by atoms with van der Waals surface area (Å²) in [5.74, 6) is -0.933. The highest BCUT2D eigenvalue weighted by atomic mass is 19.0. The minimum Gasteiger partial charge on any atom is -0.480 e. The van der Waals surface area contributed by atoms with Gasteiger partial charge in [-0.3, -0.25) is 23.6 Å². The summed E-state index contributed by atoms with van der Waals surface area (Å²) in [6, 6.07) is -0.716. The first-order valence-corrected chi connectivity index (χ1v) is 3.37. The zero-order chi connectivity index (χ0) is 7.98. The molecule has 0 amide bonds. The topological polar surface area (TPSA) is 89.3 Å². The smallest absolute Gasteiger partial charge is 0.320 e. The molecule has 0 aliphatic heterocycles. The van der Waals surface area contributed by atoms with Gasteiger partial charge in [0.1, 0.15) is 6.04 Å². The van der Waals surface area contributed by atoms with Crippen molar-refractivity contribution in [2.24, 2.45) is 11.5 Å². The Bertz CT molecular complexity index is 118. The van der Waals surface area contributed by atoms with Crippen molar-refractivity contribution in [3.63, 3.8) is 0 Å². The van der Waals surface area contributed by atoms with Crippen LogP contribution in [0.5, 0.6) is 0 Å². The first-order valence-electron chi connectivity index (χ1n) is 3.37. The lowest BCUT2D eigenvalue weighted by Crippen LogP contribution is -2.29. The fourth-order valence-corrected chi connectivity index (χ4v) is 0.632. The lowest BCUT2D eigenvalue weighted by Gasteiger charge is -2.03. The standard InChI is InChI=1S/C6H14N2O2.4FH/c7-4-2-1-3-5(8)6(9)10;;;;/h5H,1-4,7-8H2,(H,9,10);4*1H/t5-;;;;/m0..../s1. The van der Waals surface area contributed by atoms with E-state index in [4.69, 9.17) is 16.6 Å². The molecule has 0 spiro atoms. The second kappa shape index (κ2) is 18.0. The highest BCUT2D eigenvalue weighted by molar-refractivity contribution is 5.72. The minimum atomic E-state index is -0.933. The van der Waals surface area contributed by atoms with E-state index < -0.39 is 12.0 Å². The number of rotatable bonds is 5. The monoisotopic (exact) mass is 226 g/mol. The molecule has 0 radical (unpaired) electrons. The van der Waals surface area contributed by atoms with Crippen LogP contribution in [0.1, 0.15) is 19.3 Å². The van der Waals surface area contributed by atoms with Gasteiger partial charge in [-0.2, -0.15) is 0 Å². The second-order valence-corrected chi connectivity index (χ2v) is 2.23. The average molecular weight is 226 g/mol. The van der Waals surface area contributed by atoms with Crippen molar-refractivity contribution in [2.45, 2.75) is 25.3 Å². The van der Waals surface area contributed by atoms with Gasteiger partial charge in [0.15, 0.2) is 0 Å². The number of hydrogen-bond acceptors (Lipinski definition) is 3. The van der Waals surface area contributed by atoms with Gasteiger partial charge in [-0.05, 0) is 19.4 Å². The first-order chi connectivity index (χ1) is 4.68. The van der Waals surface area contributed by atoms with Gasteiger partial charge in [-0.25, -0.2) is 0 Å². The molecule has 0 saturated carbocycles. The van der Waals surface area contributed by atoms with E-state index in [1.54, 1.807) is 0 Å². The largest absolute Gasteiger partial charge is 0.480 e. The van der Waals surface area contributed by atoms with Crippen LogP contribution in [0, 0.1) is 0 Å². The van der Waals surface area contributed by atoms with Crippen molar-refractivity contribution < 1.29 is 28.7 Å². The summed E-state index contributed by atoms with van der Waals surface area (Å²) in [6.45, 7) is 0.604. The summed E-state index contributed by atoms with van der Waals surface area (Å²) < 4.78 is 0. The third-order valence-corrected chi connectivity index (χ3v) is 1.29. The van der Waals surface area contributed by atoms with Crippen LogP contribution in [0.25, 0.3) is 0 Å².